The first-order valence-corrected chi connectivity index (χ1v) is 10.7. The third kappa shape index (κ3) is 4.42. The molecule has 1 aliphatic rings. The Kier molecular flexibility index (Phi) is 6.50. The Morgan fingerprint density at radius 3 is 2.63 bits per heavy atom. The molecule has 1 saturated heterocycles. The summed E-state index contributed by atoms with van der Waals surface area (Å²) in [6, 6.07) is 18.4. The summed E-state index contributed by atoms with van der Waals surface area (Å²) in [7, 11) is 1.80. The van der Waals surface area contributed by atoms with Crippen LogP contribution in [0, 0.1) is 0 Å². The number of rotatable bonds is 5. The van der Waals surface area contributed by atoms with Crippen molar-refractivity contribution in [1.82, 2.24) is 15.6 Å². The van der Waals surface area contributed by atoms with E-state index in [-0.39, 0.29) is 5.41 Å². The van der Waals surface area contributed by atoms with Crippen molar-refractivity contribution in [2.24, 2.45) is 4.99 Å². The summed E-state index contributed by atoms with van der Waals surface area (Å²) in [5.41, 5.74) is 3.30. The van der Waals surface area contributed by atoms with E-state index in [4.69, 9.17) is 16.3 Å². The number of hydrogen-bond donors (Lipinski definition) is 2. The highest BCUT2D eigenvalue weighted by atomic mass is 35.5. The van der Waals surface area contributed by atoms with Gasteiger partial charge in [-0.05, 0) is 42.2 Å². The van der Waals surface area contributed by atoms with Crippen molar-refractivity contribution >= 4 is 28.5 Å². The molecule has 1 aromatic heterocycles. The largest absolute Gasteiger partial charge is 0.381 e. The van der Waals surface area contributed by atoms with Crippen molar-refractivity contribution in [3.63, 3.8) is 0 Å². The fourth-order valence-corrected chi connectivity index (χ4v) is 4.49. The molecule has 5 nitrogen and oxygen atoms in total. The SMILES string of the molecule is CN=C(NCc1ccnc2ccccc12)NCC1(c2ccccc2Cl)CCOCC1. The van der Waals surface area contributed by atoms with E-state index in [1.165, 1.54) is 11.1 Å². The Morgan fingerprint density at radius 2 is 1.83 bits per heavy atom. The van der Waals surface area contributed by atoms with Gasteiger partial charge in [0.15, 0.2) is 5.96 Å². The molecule has 2 N–H and O–H groups in total. The van der Waals surface area contributed by atoms with Crippen LogP contribution in [-0.4, -0.2) is 37.7 Å². The third-order valence-electron chi connectivity index (χ3n) is 5.90. The van der Waals surface area contributed by atoms with Crippen LogP contribution in [0.2, 0.25) is 5.02 Å². The maximum absolute atomic E-state index is 6.57. The Hall–Kier alpha value is -2.63. The Balaban J connectivity index is 1.47. The first kappa shape index (κ1) is 20.6. The molecular formula is C24H27ClN4O. The van der Waals surface area contributed by atoms with Gasteiger partial charge in [-0.2, -0.15) is 0 Å². The second kappa shape index (κ2) is 9.45. The smallest absolute Gasteiger partial charge is 0.191 e. The molecule has 2 aromatic carbocycles. The number of pyridine rings is 1. The van der Waals surface area contributed by atoms with Crippen LogP contribution in [0.1, 0.15) is 24.0 Å². The van der Waals surface area contributed by atoms with E-state index in [1.807, 2.05) is 42.6 Å². The standard InChI is InChI=1S/C24H27ClN4O/c1-26-23(28-16-18-10-13-27-22-9-5-2-6-19(18)22)29-17-24(11-14-30-15-12-24)20-7-3-4-8-21(20)25/h2-10,13H,11-12,14-17H2,1H3,(H2,26,28,29). The second-order valence-electron chi connectivity index (χ2n) is 7.64. The average molecular weight is 423 g/mol. The number of guanidine groups is 1. The topological polar surface area (TPSA) is 58.5 Å². The maximum Gasteiger partial charge on any atom is 0.191 e. The molecule has 0 saturated carbocycles. The summed E-state index contributed by atoms with van der Waals surface area (Å²) in [4.78, 5) is 8.87. The maximum atomic E-state index is 6.57. The lowest BCUT2D eigenvalue weighted by Gasteiger charge is -2.38. The van der Waals surface area contributed by atoms with Crippen molar-refractivity contribution < 1.29 is 4.74 Å². The molecule has 2 heterocycles. The Morgan fingerprint density at radius 1 is 1.07 bits per heavy atom. The zero-order valence-electron chi connectivity index (χ0n) is 17.2. The number of halogens is 1. The fraction of sp³-hybridized carbons (Fsp3) is 0.333. The number of nitrogens with zero attached hydrogens (tertiary/aromatic N) is 2. The molecule has 0 unspecified atom stereocenters. The van der Waals surface area contributed by atoms with E-state index in [0.29, 0.717) is 6.54 Å². The molecule has 1 fully saturated rings. The summed E-state index contributed by atoms with van der Waals surface area (Å²) in [5, 5.41) is 8.95. The van der Waals surface area contributed by atoms with Crippen LogP contribution in [0.3, 0.4) is 0 Å². The minimum absolute atomic E-state index is 0.0718. The van der Waals surface area contributed by atoms with Crippen molar-refractivity contribution in [3.8, 4) is 0 Å². The van der Waals surface area contributed by atoms with Crippen LogP contribution in [0.4, 0.5) is 0 Å². The van der Waals surface area contributed by atoms with Crippen molar-refractivity contribution in [2.75, 3.05) is 26.8 Å². The summed E-state index contributed by atoms with van der Waals surface area (Å²) < 4.78 is 5.64. The molecule has 0 bridgehead atoms. The number of benzene rings is 2. The monoisotopic (exact) mass is 422 g/mol. The summed E-state index contributed by atoms with van der Waals surface area (Å²) >= 11 is 6.57. The minimum Gasteiger partial charge on any atom is -0.381 e. The van der Waals surface area contributed by atoms with E-state index in [0.717, 1.165) is 54.5 Å². The van der Waals surface area contributed by atoms with Gasteiger partial charge in [0, 0.05) is 55.4 Å². The van der Waals surface area contributed by atoms with Crippen LogP contribution in [0.15, 0.2) is 65.8 Å². The Labute approximate surface area is 182 Å². The first-order chi connectivity index (χ1) is 14.7. The molecule has 3 aromatic rings. The number of fused-ring (bicyclic) bond motifs is 1. The molecule has 4 rings (SSSR count). The highest BCUT2D eigenvalue weighted by Gasteiger charge is 2.36. The van der Waals surface area contributed by atoms with E-state index in [9.17, 15) is 0 Å². The number of para-hydroxylation sites is 1. The van der Waals surface area contributed by atoms with Crippen LogP contribution < -0.4 is 10.6 Å². The van der Waals surface area contributed by atoms with Gasteiger partial charge in [0.05, 0.1) is 5.52 Å². The van der Waals surface area contributed by atoms with Gasteiger partial charge in [-0.1, -0.05) is 48.0 Å². The molecule has 0 atom stereocenters. The van der Waals surface area contributed by atoms with E-state index in [1.54, 1.807) is 7.05 Å². The summed E-state index contributed by atoms with van der Waals surface area (Å²) in [5.74, 6) is 0.772. The van der Waals surface area contributed by atoms with Crippen molar-refractivity contribution in [1.29, 1.82) is 0 Å². The average Bonchev–Trinajstić information content (AvgIpc) is 2.80. The van der Waals surface area contributed by atoms with Gasteiger partial charge in [-0.3, -0.25) is 9.98 Å². The van der Waals surface area contributed by atoms with Gasteiger partial charge in [0.2, 0.25) is 0 Å². The van der Waals surface area contributed by atoms with Crippen LogP contribution in [0.5, 0.6) is 0 Å². The molecule has 0 amide bonds. The summed E-state index contributed by atoms with van der Waals surface area (Å²) in [6.45, 7) is 2.89. The molecule has 0 spiro atoms. The number of aromatic nitrogens is 1. The quantitative estimate of drug-likeness (QED) is 0.475. The van der Waals surface area contributed by atoms with Gasteiger partial charge in [0.1, 0.15) is 0 Å². The molecule has 30 heavy (non-hydrogen) atoms. The Bertz CT molecular complexity index is 1030. The molecule has 1 aliphatic heterocycles. The molecule has 0 radical (unpaired) electrons. The normalized spacial score (nSPS) is 16.4. The molecule has 0 aliphatic carbocycles. The lowest BCUT2D eigenvalue weighted by molar-refractivity contribution is 0.0514. The van der Waals surface area contributed by atoms with E-state index in [2.05, 4.69) is 38.8 Å². The number of hydrogen-bond acceptors (Lipinski definition) is 3. The second-order valence-corrected chi connectivity index (χ2v) is 8.05. The van der Waals surface area contributed by atoms with E-state index < -0.39 is 0 Å². The van der Waals surface area contributed by atoms with Crippen molar-refractivity contribution in [3.05, 3.63) is 76.9 Å². The molecule has 6 heteroatoms. The van der Waals surface area contributed by atoms with E-state index >= 15 is 0 Å². The van der Waals surface area contributed by atoms with Crippen LogP contribution in [0.25, 0.3) is 10.9 Å². The fourth-order valence-electron chi connectivity index (χ4n) is 4.16. The predicted molar refractivity (Wildman–Crippen MR) is 123 cm³/mol. The van der Waals surface area contributed by atoms with Gasteiger partial charge in [-0.15, -0.1) is 0 Å². The summed E-state index contributed by atoms with van der Waals surface area (Å²) in [6.07, 6.45) is 3.70. The van der Waals surface area contributed by atoms with Crippen molar-refractivity contribution in [2.45, 2.75) is 24.8 Å². The highest BCUT2D eigenvalue weighted by molar-refractivity contribution is 6.31. The number of ether oxygens (including phenoxy) is 1. The predicted octanol–water partition coefficient (Wildman–Crippen LogP) is 4.30. The molecular weight excluding hydrogens is 396 g/mol. The third-order valence-corrected chi connectivity index (χ3v) is 6.23. The minimum atomic E-state index is -0.0718. The zero-order chi connectivity index (χ0) is 20.8. The highest BCUT2D eigenvalue weighted by Crippen LogP contribution is 2.38. The van der Waals surface area contributed by atoms with Gasteiger partial charge in [0.25, 0.3) is 0 Å². The number of nitrogens with one attached hydrogen (secondary N) is 2. The zero-order valence-corrected chi connectivity index (χ0v) is 18.0. The van der Waals surface area contributed by atoms with Crippen LogP contribution in [-0.2, 0) is 16.7 Å². The van der Waals surface area contributed by atoms with Gasteiger partial charge < -0.3 is 15.4 Å². The lowest BCUT2D eigenvalue weighted by Crippen LogP contribution is -2.48. The van der Waals surface area contributed by atoms with Crippen LogP contribution >= 0.6 is 11.6 Å². The lowest BCUT2D eigenvalue weighted by atomic mass is 9.74. The van der Waals surface area contributed by atoms with Gasteiger partial charge >= 0.3 is 0 Å². The first-order valence-electron chi connectivity index (χ1n) is 10.3. The molecule has 156 valence electrons. The number of aliphatic imine (C=N–C) groups is 1. The van der Waals surface area contributed by atoms with Gasteiger partial charge in [-0.25, -0.2) is 0 Å².